The van der Waals surface area contributed by atoms with Gasteiger partial charge in [-0.3, -0.25) is 4.79 Å². The highest BCUT2D eigenvalue weighted by Gasteiger charge is 2.13. The van der Waals surface area contributed by atoms with Crippen molar-refractivity contribution in [2.24, 2.45) is 0 Å². The quantitative estimate of drug-likeness (QED) is 0.877. The van der Waals surface area contributed by atoms with Crippen molar-refractivity contribution in [2.45, 2.75) is 26.3 Å². The average molecular weight is 272 g/mol. The van der Waals surface area contributed by atoms with Crippen molar-refractivity contribution >= 4 is 11.6 Å². The summed E-state index contributed by atoms with van der Waals surface area (Å²) >= 11 is 0. The van der Waals surface area contributed by atoms with Gasteiger partial charge in [0.2, 0.25) is 0 Å². The van der Waals surface area contributed by atoms with Gasteiger partial charge in [0.1, 0.15) is 5.76 Å². The van der Waals surface area contributed by atoms with Gasteiger partial charge >= 0.3 is 0 Å². The fourth-order valence-electron chi connectivity index (χ4n) is 2.04. The van der Waals surface area contributed by atoms with E-state index in [9.17, 15) is 4.79 Å². The smallest absolute Gasteiger partial charge is 0.259 e. The Kier molecular flexibility index (Phi) is 4.58. The van der Waals surface area contributed by atoms with Crippen LogP contribution in [0.4, 0.5) is 5.69 Å². The van der Waals surface area contributed by atoms with Crippen molar-refractivity contribution in [3.63, 3.8) is 0 Å². The number of furan rings is 1. The summed E-state index contributed by atoms with van der Waals surface area (Å²) in [6, 6.07) is 9.82. The lowest BCUT2D eigenvalue weighted by Gasteiger charge is -2.11. The number of hydrogen-bond acceptors (Lipinski definition) is 3. The molecule has 1 atom stereocenters. The van der Waals surface area contributed by atoms with E-state index >= 15 is 0 Å². The van der Waals surface area contributed by atoms with Crippen LogP contribution in [0.3, 0.4) is 0 Å². The minimum Gasteiger partial charge on any atom is -0.469 e. The molecule has 0 radical (unpaired) electrons. The molecule has 0 spiro atoms. The maximum Gasteiger partial charge on any atom is 0.259 e. The highest BCUT2D eigenvalue weighted by Crippen LogP contribution is 2.18. The molecule has 4 heteroatoms. The molecule has 1 unspecified atom stereocenters. The van der Waals surface area contributed by atoms with Gasteiger partial charge in [0.05, 0.1) is 11.8 Å². The highest BCUT2D eigenvalue weighted by atomic mass is 16.3. The van der Waals surface area contributed by atoms with Crippen LogP contribution < -0.4 is 10.6 Å². The zero-order chi connectivity index (χ0) is 14.5. The third kappa shape index (κ3) is 3.08. The summed E-state index contributed by atoms with van der Waals surface area (Å²) < 4.78 is 5.27. The molecule has 0 saturated carbocycles. The summed E-state index contributed by atoms with van der Waals surface area (Å²) in [6.07, 6.45) is 2.25. The first-order chi connectivity index (χ1) is 9.65. The Hall–Kier alpha value is -2.07. The van der Waals surface area contributed by atoms with Crippen LogP contribution in [0.25, 0.3) is 0 Å². The van der Waals surface area contributed by atoms with E-state index in [1.165, 1.54) is 5.56 Å². The molecule has 20 heavy (non-hydrogen) atoms. The number of aryl methyl sites for hydroxylation is 1. The van der Waals surface area contributed by atoms with Crippen molar-refractivity contribution in [1.29, 1.82) is 0 Å². The normalized spacial score (nSPS) is 12.2. The van der Waals surface area contributed by atoms with Crippen LogP contribution in [0.2, 0.25) is 0 Å². The SMILES string of the molecule is CCc1occc1C(=O)Nc1ccc(C(C)NC)cc1. The van der Waals surface area contributed by atoms with Crippen LogP contribution in [0, 0.1) is 0 Å². The number of carbonyl (C=O) groups excluding carboxylic acids is 1. The standard InChI is InChI=1S/C16H20N2O2/c1-4-15-14(9-10-20-15)16(19)18-13-7-5-12(6-8-13)11(2)17-3/h5-11,17H,4H2,1-3H3,(H,18,19). The van der Waals surface area contributed by atoms with E-state index in [2.05, 4.69) is 17.6 Å². The summed E-state index contributed by atoms with van der Waals surface area (Å²) in [5.41, 5.74) is 2.56. The van der Waals surface area contributed by atoms with Gasteiger partial charge in [0.25, 0.3) is 5.91 Å². The molecule has 0 fully saturated rings. The summed E-state index contributed by atoms with van der Waals surface area (Å²) in [7, 11) is 1.92. The minimum atomic E-state index is -0.134. The molecule has 2 aromatic rings. The molecule has 0 bridgehead atoms. The molecule has 106 valence electrons. The topological polar surface area (TPSA) is 54.3 Å². The number of amides is 1. The molecule has 0 aliphatic rings. The van der Waals surface area contributed by atoms with Crippen molar-refractivity contribution in [3.8, 4) is 0 Å². The second-order valence-electron chi connectivity index (χ2n) is 4.70. The first-order valence-electron chi connectivity index (χ1n) is 6.80. The summed E-state index contributed by atoms with van der Waals surface area (Å²) in [5.74, 6) is 0.577. The Morgan fingerprint density at radius 2 is 1.95 bits per heavy atom. The van der Waals surface area contributed by atoms with Crippen LogP contribution in [0.5, 0.6) is 0 Å². The van der Waals surface area contributed by atoms with Gasteiger partial charge in [-0.2, -0.15) is 0 Å². The Morgan fingerprint density at radius 1 is 1.25 bits per heavy atom. The molecule has 1 aromatic heterocycles. The lowest BCUT2D eigenvalue weighted by molar-refractivity contribution is 0.102. The average Bonchev–Trinajstić information content (AvgIpc) is 2.95. The highest BCUT2D eigenvalue weighted by molar-refractivity contribution is 6.04. The lowest BCUT2D eigenvalue weighted by atomic mass is 10.1. The van der Waals surface area contributed by atoms with E-state index in [1.807, 2.05) is 38.2 Å². The van der Waals surface area contributed by atoms with E-state index in [4.69, 9.17) is 4.42 Å². The van der Waals surface area contributed by atoms with Crippen molar-refractivity contribution in [2.75, 3.05) is 12.4 Å². The molecular formula is C16H20N2O2. The molecule has 0 aliphatic heterocycles. The van der Waals surface area contributed by atoms with Crippen LogP contribution in [0.15, 0.2) is 41.0 Å². The van der Waals surface area contributed by atoms with E-state index < -0.39 is 0 Å². The number of rotatable bonds is 5. The maximum absolute atomic E-state index is 12.1. The third-order valence-corrected chi connectivity index (χ3v) is 3.41. The van der Waals surface area contributed by atoms with E-state index in [0.29, 0.717) is 23.8 Å². The van der Waals surface area contributed by atoms with Gasteiger partial charge in [0, 0.05) is 18.2 Å². The molecule has 2 N–H and O–H groups in total. The number of anilines is 1. The molecular weight excluding hydrogens is 252 g/mol. The molecule has 1 amide bonds. The molecule has 0 saturated heterocycles. The summed E-state index contributed by atoms with van der Waals surface area (Å²) in [4.78, 5) is 12.1. The van der Waals surface area contributed by atoms with Crippen LogP contribution in [-0.4, -0.2) is 13.0 Å². The second-order valence-corrected chi connectivity index (χ2v) is 4.70. The first kappa shape index (κ1) is 14.3. The number of carbonyl (C=O) groups is 1. The van der Waals surface area contributed by atoms with Gasteiger partial charge in [-0.1, -0.05) is 19.1 Å². The summed E-state index contributed by atoms with van der Waals surface area (Å²) in [6.45, 7) is 4.05. The number of hydrogen-bond donors (Lipinski definition) is 2. The largest absolute Gasteiger partial charge is 0.469 e. The van der Waals surface area contributed by atoms with Crippen LogP contribution in [0.1, 0.15) is 41.6 Å². The zero-order valence-electron chi connectivity index (χ0n) is 12.1. The fraction of sp³-hybridized carbons (Fsp3) is 0.312. The van der Waals surface area contributed by atoms with E-state index in [0.717, 1.165) is 5.69 Å². The zero-order valence-corrected chi connectivity index (χ0v) is 12.1. The van der Waals surface area contributed by atoms with Crippen molar-refractivity contribution in [3.05, 3.63) is 53.5 Å². The van der Waals surface area contributed by atoms with Crippen molar-refractivity contribution in [1.82, 2.24) is 5.32 Å². The molecule has 0 aliphatic carbocycles. The Labute approximate surface area is 119 Å². The Bertz CT molecular complexity index is 572. The number of benzene rings is 1. The lowest BCUT2D eigenvalue weighted by Crippen LogP contribution is -2.14. The molecule has 1 aromatic carbocycles. The van der Waals surface area contributed by atoms with Gasteiger partial charge < -0.3 is 15.1 Å². The van der Waals surface area contributed by atoms with E-state index in [-0.39, 0.29) is 5.91 Å². The monoisotopic (exact) mass is 272 g/mol. The van der Waals surface area contributed by atoms with Crippen LogP contribution >= 0.6 is 0 Å². The maximum atomic E-state index is 12.1. The van der Waals surface area contributed by atoms with Gasteiger partial charge in [-0.05, 0) is 37.7 Å². The predicted octanol–water partition coefficient (Wildman–Crippen LogP) is 3.37. The van der Waals surface area contributed by atoms with Gasteiger partial charge in [-0.15, -0.1) is 0 Å². The van der Waals surface area contributed by atoms with Crippen LogP contribution in [-0.2, 0) is 6.42 Å². The predicted molar refractivity (Wildman–Crippen MR) is 80.0 cm³/mol. The third-order valence-electron chi connectivity index (χ3n) is 3.41. The second kappa shape index (κ2) is 6.39. The minimum absolute atomic E-state index is 0.134. The fourth-order valence-corrected chi connectivity index (χ4v) is 2.04. The van der Waals surface area contributed by atoms with Crippen molar-refractivity contribution < 1.29 is 9.21 Å². The molecule has 2 rings (SSSR count). The molecule has 1 heterocycles. The Balaban J connectivity index is 2.08. The summed E-state index contributed by atoms with van der Waals surface area (Å²) in [5, 5.41) is 6.06. The number of nitrogens with one attached hydrogen (secondary N) is 2. The van der Waals surface area contributed by atoms with Gasteiger partial charge in [0.15, 0.2) is 0 Å². The van der Waals surface area contributed by atoms with E-state index in [1.54, 1.807) is 12.3 Å². The Morgan fingerprint density at radius 3 is 2.55 bits per heavy atom. The molecule has 4 nitrogen and oxygen atoms in total. The van der Waals surface area contributed by atoms with Gasteiger partial charge in [-0.25, -0.2) is 0 Å². The first-order valence-corrected chi connectivity index (χ1v) is 6.80.